The lowest BCUT2D eigenvalue weighted by molar-refractivity contribution is 0.0900. The van der Waals surface area contributed by atoms with E-state index in [1.807, 2.05) is 6.07 Å². The molecule has 1 N–H and O–H groups in total. The maximum absolute atomic E-state index is 12.7. The molecule has 0 spiro atoms. The second kappa shape index (κ2) is 9.27. The SMILES string of the molecule is CC(C)C[C@@H](NC(=O)c1ccco1)c1nnc2n1CCN(Cc1ccc3c(c1)OCO3)CC2. The predicted octanol–water partition coefficient (Wildman–Crippen LogP) is 3.18. The molecule has 2 aromatic heterocycles. The minimum Gasteiger partial charge on any atom is -0.459 e. The molecule has 1 aromatic carbocycles. The van der Waals surface area contributed by atoms with Crippen molar-refractivity contribution in [1.82, 2.24) is 25.0 Å². The van der Waals surface area contributed by atoms with Crippen LogP contribution in [0.4, 0.5) is 0 Å². The van der Waals surface area contributed by atoms with Gasteiger partial charge in [-0.05, 0) is 42.2 Å². The van der Waals surface area contributed by atoms with E-state index >= 15 is 0 Å². The van der Waals surface area contributed by atoms with Gasteiger partial charge >= 0.3 is 0 Å². The summed E-state index contributed by atoms with van der Waals surface area (Å²) in [5.41, 5.74) is 1.19. The second-order valence-corrected chi connectivity index (χ2v) is 8.97. The molecule has 3 aromatic rings. The van der Waals surface area contributed by atoms with Gasteiger partial charge in [0.25, 0.3) is 5.91 Å². The van der Waals surface area contributed by atoms with Gasteiger partial charge in [-0.1, -0.05) is 19.9 Å². The fraction of sp³-hybridized carbons (Fsp3) is 0.458. The van der Waals surface area contributed by atoms with Crippen LogP contribution in [0.15, 0.2) is 41.0 Å². The zero-order chi connectivity index (χ0) is 22.8. The fourth-order valence-corrected chi connectivity index (χ4v) is 4.44. The van der Waals surface area contributed by atoms with Crippen LogP contribution < -0.4 is 14.8 Å². The molecule has 1 atom stereocenters. The number of hydrogen-bond donors (Lipinski definition) is 1. The molecule has 33 heavy (non-hydrogen) atoms. The molecular formula is C24H29N5O4. The summed E-state index contributed by atoms with van der Waals surface area (Å²) in [5, 5.41) is 12.1. The topological polar surface area (TPSA) is 94.7 Å². The van der Waals surface area contributed by atoms with Crippen LogP contribution in [0.25, 0.3) is 0 Å². The zero-order valence-corrected chi connectivity index (χ0v) is 19.0. The third kappa shape index (κ3) is 4.73. The van der Waals surface area contributed by atoms with Gasteiger partial charge in [-0.2, -0.15) is 0 Å². The lowest BCUT2D eigenvalue weighted by Crippen LogP contribution is -2.32. The van der Waals surface area contributed by atoms with E-state index in [1.54, 1.807) is 12.1 Å². The van der Waals surface area contributed by atoms with E-state index < -0.39 is 0 Å². The van der Waals surface area contributed by atoms with Crippen LogP contribution in [0, 0.1) is 5.92 Å². The Balaban J connectivity index is 1.29. The third-order valence-electron chi connectivity index (χ3n) is 6.06. The molecule has 0 aliphatic carbocycles. The number of nitrogens with zero attached hydrogens (tertiary/aromatic N) is 4. The standard InChI is InChI=1S/C24H29N5O4/c1-16(2)12-18(25-24(30)20-4-3-11-31-20)23-27-26-22-7-8-28(9-10-29(22)23)14-17-5-6-19-21(13-17)33-15-32-19/h3-6,11,13,16,18H,7-10,12,14-15H2,1-2H3,(H,25,30)/t18-/m1/s1. The Morgan fingerprint density at radius 1 is 1.12 bits per heavy atom. The van der Waals surface area contributed by atoms with Gasteiger partial charge in [-0.25, -0.2) is 0 Å². The normalized spacial score (nSPS) is 16.5. The first-order valence-corrected chi connectivity index (χ1v) is 11.4. The number of carbonyl (C=O) groups is 1. The smallest absolute Gasteiger partial charge is 0.287 e. The number of ether oxygens (including phenoxy) is 2. The van der Waals surface area contributed by atoms with Crippen molar-refractivity contribution in [2.24, 2.45) is 5.92 Å². The Morgan fingerprint density at radius 3 is 2.82 bits per heavy atom. The highest BCUT2D eigenvalue weighted by Gasteiger charge is 2.27. The van der Waals surface area contributed by atoms with Crippen LogP contribution in [0.3, 0.4) is 0 Å². The highest BCUT2D eigenvalue weighted by Crippen LogP contribution is 2.33. The largest absolute Gasteiger partial charge is 0.459 e. The van der Waals surface area contributed by atoms with Crippen molar-refractivity contribution >= 4 is 5.91 Å². The molecule has 0 unspecified atom stereocenters. The summed E-state index contributed by atoms with van der Waals surface area (Å²) in [5.74, 6) is 3.83. The number of nitrogens with one attached hydrogen (secondary N) is 1. The van der Waals surface area contributed by atoms with E-state index in [0.717, 1.165) is 62.2 Å². The predicted molar refractivity (Wildman–Crippen MR) is 120 cm³/mol. The van der Waals surface area contributed by atoms with E-state index in [2.05, 4.69) is 51.0 Å². The Bertz CT molecular complexity index is 1110. The maximum Gasteiger partial charge on any atom is 0.287 e. The highest BCUT2D eigenvalue weighted by molar-refractivity contribution is 5.91. The van der Waals surface area contributed by atoms with E-state index in [0.29, 0.717) is 11.7 Å². The van der Waals surface area contributed by atoms with Crippen LogP contribution in [0.2, 0.25) is 0 Å². The molecule has 0 saturated carbocycles. The van der Waals surface area contributed by atoms with Crippen LogP contribution in [0.5, 0.6) is 11.5 Å². The monoisotopic (exact) mass is 451 g/mol. The van der Waals surface area contributed by atoms with Crippen molar-refractivity contribution in [3.05, 3.63) is 59.6 Å². The molecule has 1 amide bonds. The number of benzene rings is 1. The van der Waals surface area contributed by atoms with Crippen molar-refractivity contribution in [1.29, 1.82) is 0 Å². The Labute approximate surface area is 192 Å². The minimum absolute atomic E-state index is 0.232. The summed E-state index contributed by atoms with van der Waals surface area (Å²) in [4.78, 5) is 15.1. The van der Waals surface area contributed by atoms with Crippen molar-refractivity contribution in [2.45, 2.75) is 45.8 Å². The summed E-state index contributed by atoms with van der Waals surface area (Å²) in [6.45, 7) is 7.92. The van der Waals surface area contributed by atoms with Crippen molar-refractivity contribution in [3.63, 3.8) is 0 Å². The second-order valence-electron chi connectivity index (χ2n) is 8.97. The fourth-order valence-electron chi connectivity index (χ4n) is 4.44. The van der Waals surface area contributed by atoms with Gasteiger partial charge in [0.15, 0.2) is 23.1 Å². The quantitative estimate of drug-likeness (QED) is 0.590. The first kappa shape index (κ1) is 21.5. The number of fused-ring (bicyclic) bond motifs is 2. The number of rotatable bonds is 7. The van der Waals surface area contributed by atoms with Gasteiger partial charge in [-0.15, -0.1) is 10.2 Å². The first-order valence-electron chi connectivity index (χ1n) is 11.4. The van der Waals surface area contributed by atoms with Gasteiger partial charge < -0.3 is 23.8 Å². The van der Waals surface area contributed by atoms with Gasteiger partial charge in [-0.3, -0.25) is 9.69 Å². The summed E-state index contributed by atoms with van der Waals surface area (Å²) in [6.07, 6.45) is 3.08. The van der Waals surface area contributed by atoms with Crippen molar-refractivity contribution in [2.75, 3.05) is 19.9 Å². The van der Waals surface area contributed by atoms with Gasteiger partial charge in [0.05, 0.1) is 12.3 Å². The van der Waals surface area contributed by atoms with E-state index in [4.69, 9.17) is 13.9 Å². The Kier molecular flexibility index (Phi) is 6.04. The molecule has 0 radical (unpaired) electrons. The Morgan fingerprint density at radius 2 is 2.00 bits per heavy atom. The maximum atomic E-state index is 12.7. The van der Waals surface area contributed by atoms with Crippen LogP contribution in [0.1, 0.15) is 54.1 Å². The molecular weight excluding hydrogens is 422 g/mol. The minimum atomic E-state index is -0.235. The molecule has 174 valence electrons. The molecule has 2 aliphatic heterocycles. The van der Waals surface area contributed by atoms with Crippen LogP contribution in [-0.2, 0) is 19.5 Å². The van der Waals surface area contributed by atoms with Gasteiger partial charge in [0.1, 0.15) is 5.82 Å². The van der Waals surface area contributed by atoms with E-state index in [1.165, 1.54) is 11.8 Å². The molecule has 2 aliphatic rings. The third-order valence-corrected chi connectivity index (χ3v) is 6.06. The molecule has 0 fully saturated rings. The molecule has 9 heteroatoms. The number of aromatic nitrogens is 3. The number of amides is 1. The average Bonchev–Trinajstić information content (AvgIpc) is 3.53. The summed E-state index contributed by atoms with van der Waals surface area (Å²) in [7, 11) is 0. The van der Waals surface area contributed by atoms with E-state index in [9.17, 15) is 4.79 Å². The summed E-state index contributed by atoms with van der Waals surface area (Å²) < 4.78 is 18.4. The van der Waals surface area contributed by atoms with Crippen molar-refractivity contribution < 1.29 is 18.7 Å². The lowest BCUT2D eigenvalue weighted by atomic mass is 10.0. The van der Waals surface area contributed by atoms with Gasteiger partial charge in [0, 0.05) is 32.6 Å². The van der Waals surface area contributed by atoms with Crippen LogP contribution >= 0.6 is 0 Å². The molecule has 4 heterocycles. The number of carbonyl (C=O) groups excluding carboxylic acids is 1. The number of hydrogen-bond acceptors (Lipinski definition) is 7. The number of furan rings is 1. The van der Waals surface area contributed by atoms with Gasteiger partial charge in [0.2, 0.25) is 6.79 Å². The lowest BCUT2D eigenvalue weighted by Gasteiger charge is -2.22. The van der Waals surface area contributed by atoms with Crippen molar-refractivity contribution in [3.8, 4) is 11.5 Å². The molecule has 5 rings (SSSR count). The molecule has 9 nitrogen and oxygen atoms in total. The molecule has 0 saturated heterocycles. The first-order chi connectivity index (χ1) is 16.1. The van der Waals surface area contributed by atoms with Crippen LogP contribution in [-0.4, -0.2) is 45.5 Å². The molecule has 0 bridgehead atoms. The highest BCUT2D eigenvalue weighted by atomic mass is 16.7. The summed E-state index contributed by atoms with van der Waals surface area (Å²) >= 11 is 0. The Hall–Kier alpha value is -3.33. The zero-order valence-electron chi connectivity index (χ0n) is 19.0. The summed E-state index contributed by atoms with van der Waals surface area (Å²) in [6, 6.07) is 9.27. The average molecular weight is 452 g/mol. The van der Waals surface area contributed by atoms with E-state index in [-0.39, 0.29) is 18.7 Å².